The van der Waals surface area contributed by atoms with Gasteiger partial charge in [-0.2, -0.15) is 13.2 Å². The molecule has 4 rings (SSSR count). The van der Waals surface area contributed by atoms with E-state index in [1.54, 1.807) is 12.1 Å². The van der Waals surface area contributed by atoms with Gasteiger partial charge >= 0.3 is 12.1 Å². The molecule has 2 aromatic carbocycles. The molecule has 5 nitrogen and oxygen atoms in total. The van der Waals surface area contributed by atoms with E-state index in [4.69, 9.17) is 26.2 Å². The van der Waals surface area contributed by atoms with E-state index in [2.05, 4.69) is 9.88 Å². The Labute approximate surface area is 186 Å². The molecule has 172 valence electrons. The Morgan fingerprint density at radius 3 is 2.53 bits per heavy atom. The first-order valence-corrected chi connectivity index (χ1v) is 10.2. The maximum Gasteiger partial charge on any atom is 0.490 e. The first-order valence-electron chi connectivity index (χ1n) is 9.85. The number of aliphatic carboxylic acids is 1. The van der Waals surface area contributed by atoms with Crippen LogP contribution >= 0.6 is 11.6 Å². The van der Waals surface area contributed by atoms with Crippen LogP contribution in [-0.2, 0) is 24.3 Å². The van der Waals surface area contributed by atoms with Crippen LogP contribution in [-0.4, -0.2) is 35.0 Å². The van der Waals surface area contributed by atoms with Gasteiger partial charge in [0.1, 0.15) is 11.6 Å². The third kappa shape index (κ3) is 5.92. The lowest BCUT2D eigenvalue weighted by Gasteiger charge is -2.17. The van der Waals surface area contributed by atoms with E-state index >= 15 is 0 Å². The standard InChI is InChI=1S/C20H20ClFN2O.C2HF3O2/c21-14-2-5-16(6-3-14)25-11-1-10-24-19-12-15(22)4-7-17(19)18-8-9-23-13-20(18)24;3-2(4,5)1(6)7/h2-7,12,23H,1,8-11,13H2;(H,6,7). The Morgan fingerprint density at radius 1 is 1.19 bits per heavy atom. The summed E-state index contributed by atoms with van der Waals surface area (Å²) < 4.78 is 53.5. The van der Waals surface area contributed by atoms with E-state index in [0.29, 0.717) is 11.6 Å². The van der Waals surface area contributed by atoms with Gasteiger partial charge in [0.2, 0.25) is 0 Å². The number of carbonyl (C=O) groups is 1. The zero-order valence-electron chi connectivity index (χ0n) is 16.9. The number of carboxylic acid groups (broad SMARTS) is 1. The number of nitrogens with one attached hydrogen (secondary N) is 1. The van der Waals surface area contributed by atoms with Gasteiger partial charge in [0, 0.05) is 29.2 Å². The lowest BCUT2D eigenvalue weighted by atomic mass is 10.0. The van der Waals surface area contributed by atoms with Gasteiger partial charge in [0.15, 0.2) is 0 Å². The molecule has 10 heteroatoms. The van der Waals surface area contributed by atoms with Crippen molar-refractivity contribution in [1.82, 2.24) is 9.88 Å². The zero-order valence-corrected chi connectivity index (χ0v) is 17.6. The second kappa shape index (κ2) is 10.2. The minimum Gasteiger partial charge on any atom is -0.494 e. The highest BCUT2D eigenvalue weighted by Gasteiger charge is 2.38. The van der Waals surface area contributed by atoms with Crippen molar-refractivity contribution in [3.63, 3.8) is 0 Å². The number of carboxylic acids is 1. The van der Waals surface area contributed by atoms with Gasteiger partial charge in [-0.05, 0) is 67.4 Å². The molecule has 1 aliphatic rings. The fraction of sp³-hybridized carbons (Fsp3) is 0.318. The fourth-order valence-electron chi connectivity index (χ4n) is 3.55. The number of rotatable bonds is 5. The first kappa shape index (κ1) is 23.9. The van der Waals surface area contributed by atoms with Crippen LogP contribution < -0.4 is 10.1 Å². The molecule has 0 saturated carbocycles. The summed E-state index contributed by atoms with van der Waals surface area (Å²) in [6, 6.07) is 12.5. The van der Waals surface area contributed by atoms with Crippen LogP contribution in [0.2, 0.25) is 5.02 Å². The molecule has 0 saturated heterocycles. The van der Waals surface area contributed by atoms with Crippen molar-refractivity contribution in [1.29, 1.82) is 0 Å². The Hall–Kier alpha value is -2.78. The molecule has 0 amide bonds. The van der Waals surface area contributed by atoms with Gasteiger partial charge in [0.05, 0.1) is 12.1 Å². The van der Waals surface area contributed by atoms with Crippen molar-refractivity contribution in [3.05, 3.63) is 64.6 Å². The van der Waals surface area contributed by atoms with Crippen LogP contribution in [0.15, 0.2) is 42.5 Å². The van der Waals surface area contributed by atoms with Crippen LogP contribution in [0, 0.1) is 5.82 Å². The second-order valence-corrected chi connectivity index (χ2v) is 7.56. The predicted molar refractivity (Wildman–Crippen MR) is 113 cm³/mol. The number of fused-ring (bicyclic) bond motifs is 3. The molecule has 2 heterocycles. The SMILES string of the molecule is Fc1ccc2c3c(n(CCCOc4ccc(Cl)cc4)c2c1)CNCC3.O=C(O)C(F)(F)F. The molecule has 0 fully saturated rings. The summed E-state index contributed by atoms with van der Waals surface area (Å²) in [5.74, 6) is -2.13. The molecule has 0 bridgehead atoms. The molecular weight excluding hydrogens is 452 g/mol. The molecule has 32 heavy (non-hydrogen) atoms. The van der Waals surface area contributed by atoms with Crippen LogP contribution in [0.4, 0.5) is 17.6 Å². The minimum absolute atomic E-state index is 0.186. The number of benzene rings is 2. The van der Waals surface area contributed by atoms with Gasteiger partial charge in [-0.1, -0.05) is 11.6 Å². The molecule has 1 aromatic heterocycles. The molecule has 0 unspecified atom stereocenters. The van der Waals surface area contributed by atoms with Crippen molar-refractivity contribution in [2.75, 3.05) is 13.2 Å². The lowest BCUT2D eigenvalue weighted by molar-refractivity contribution is -0.192. The molecule has 3 aromatic rings. The molecule has 0 spiro atoms. The van der Waals surface area contributed by atoms with Gasteiger partial charge in [0.25, 0.3) is 0 Å². The molecule has 0 aliphatic carbocycles. The summed E-state index contributed by atoms with van der Waals surface area (Å²) in [6.07, 6.45) is -3.24. The summed E-state index contributed by atoms with van der Waals surface area (Å²) in [5, 5.41) is 12.4. The van der Waals surface area contributed by atoms with Crippen molar-refractivity contribution >= 4 is 28.5 Å². The van der Waals surface area contributed by atoms with Gasteiger partial charge in [-0.3, -0.25) is 0 Å². The number of aromatic nitrogens is 1. The maximum absolute atomic E-state index is 13.8. The average molecular weight is 473 g/mol. The Kier molecular flexibility index (Phi) is 7.63. The smallest absolute Gasteiger partial charge is 0.490 e. The molecular formula is C22H21ClF4N2O3. The van der Waals surface area contributed by atoms with Crippen molar-refractivity contribution < 1.29 is 32.2 Å². The van der Waals surface area contributed by atoms with Crippen molar-refractivity contribution in [2.45, 2.75) is 32.1 Å². The van der Waals surface area contributed by atoms with E-state index in [0.717, 1.165) is 43.7 Å². The summed E-state index contributed by atoms with van der Waals surface area (Å²) in [7, 11) is 0. The number of nitrogens with zero attached hydrogens (tertiary/aromatic N) is 1. The fourth-order valence-corrected chi connectivity index (χ4v) is 3.67. The largest absolute Gasteiger partial charge is 0.494 e. The van der Waals surface area contributed by atoms with Crippen molar-refractivity contribution in [2.24, 2.45) is 0 Å². The third-order valence-corrected chi connectivity index (χ3v) is 5.20. The van der Waals surface area contributed by atoms with Gasteiger partial charge in [-0.25, -0.2) is 9.18 Å². The third-order valence-electron chi connectivity index (χ3n) is 4.95. The highest BCUT2D eigenvalue weighted by atomic mass is 35.5. The van der Waals surface area contributed by atoms with Crippen LogP contribution in [0.3, 0.4) is 0 Å². The number of halogens is 5. The van der Waals surface area contributed by atoms with Crippen molar-refractivity contribution in [3.8, 4) is 5.75 Å². The number of alkyl halides is 3. The molecule has 0 radical (unpaired) electrons. The summed E-state index contributed by atoms with van der Waals surface area (Å²) in [5.41, 5.74) is 3.62. The molecule has 2 N–H and O–H groups in total. The summed E-state index contributed by atoms with van der Waals surface area (Å²) in [6.45, 7) is 3.23. The highest BCUT2D eigenvalue weighted by Crippen LogP contribution is 2.29. The van der Waals surface area contributed by atoms with E-state index in [1.165, 1.54) is 16.6 Å². The first-order chi connectivity index (χ1) is 15.2. The Morgan fingerprint density at radius 2 is 1.88 bits per heavy atom. The number of aryl methyl sites for hydroxylation is 1. The van der Waals surface area contributed by atoms with E-state index in [-0.39, 0.29) is 5.82 Å². The van der Waals surface area contributed by atoms with E-state index < -0.39 is 12.1 Å². The predicted octanol–water partition coefficient (Wildman–Crippen LogP) is 5.18. The average Bonchev–Trinajstić information content (AvgIpc) is 3.05. The van der Waals surface area contributed by atoms with E-state index in [9.17, 15) is 17.6 Å². The minimum atomic E-state index is -5.08. The van der Waals surface area contributed by atoms with Crippen LogP contribution in [0.5, 0.6) is 5.75 Å². The highest BCUT2D eigenvalue weighted by molar-refractivity contribution is 6.30. The maximum atomic E-state index is 13.8. The van der Waals surface area contributed by atoms with Crippen LogP contribution in [0.25, 0.3) is 10.9 Å². The summed E-state index contributed by atoms with van der Waals surface area (Å²) >= 11 is 5.88. The van der Waals surface area contributed by atoms with Gasteiger partial charge < -0.3 is 19.7 Å². The number of hydrogen-bond acceptors (Lipinski definition) is 3. The zero-order chi connectivity index (χ0) is 23.3. The van der Waals surface area contributed by atoms with Gasteiger partial charge in [-0.15, -0.1) is 0 Å². The lowest BCUT2D eigenvalue weighted by Crippen LogP contribution is -2.25. The summed E-state index contributed by atoms with van der Waals surface area (Å²) in [4.78, 5) is 8.90. The number of ether oxygens (including phenoxy) is 1. The monoisotopic (exact) mass is 472 g/mol. The van der Waals surface area contributed by atoms with Crippen LogP contribution in [0.1, 0.15) is 17.7 Å². The topological polar surface area (TPSA) is 63.5 Å². The quantitative estimate of drug-likeness (QED) is 0.396. The Balaban J connectivity index is 0.000000360. The Bertz CT molecular complexity index is 1080. The molecule has 1 aliphatic heterocycles. The van der Waals surface area contributed by atoms with E-state index in [1.807, 2.05) is 30.3 Å². The normalized spacial score (nSPS) is 13.3. The second-order valence-electron chi connectivity index (χ2n) is 7.12. The molecule has 0 atom stereocenters. The number of hydrogen-bond donors (Lipinski definition) is 2.